The van der Waals surface area contributed by atoms with Crippen LogP contribution in [0.3, 0.4) is 0 Å². The summed E-state index contributed by atoms with van der Waals surface area (Å²) in [6, 6.07) is 15.0. The van der Waals surface area contributed by atoms with Crippen molar-refractivity contribution in [3.63, 3.8) is 0 Å². The summed E-state index contributed by atoms with van der Waals surface area (Å²) in [7, 11) is 0. The molecule has 0 spiro atoms. The fourth-order valence-electron chi connectivity index (χ4n) is 2.66. The first-order valence-electron chi connectivity index (χ1n) is 8.46. The van der Waals surface area contributed by atoms with Crippen molar-refractivity contribution < 1.29 is 27.9 Å². The number of halogens is 4. The first-order chi connectivity index (χ1) is 14.2. The van der Waals surface area contributed by atoms with E-state index in [1.165, 1.54) is 30.3 Å². The maximum absolute atomic E-state index is 13.0. The predicted molar refractivity (Wildman–Crippen MR) is 108 cm³/mol. The summed E-state index contributed by atoms with van der Waals surface area (Å²) in [5, 5.41) is 12.0. The Morgan fingerprint density at radius 1 is 0.933 bits per heavy atom. The SMILES string of the molecule is N/C(=N\O)c1ccc(Oc2ccc(C(F)(F)F)cc2)cc1C(=O)c1ccc(Br)cc1. The van der Waals surface area contributed by atoms with Crippen LogP contribution in [0.25, 0.3) is 0 Å². The molecule has 0 saturated heterocycles. The molecule has 0 heterocycles. The number of ketones is 1. The van der Waals surface area contributed by atoms with Crippen molar-refractivity contribution in [3.05, 3.63) is 93.5 Å². The lowest BCUT2D eigenvalue weighted by Crippen LogP contribution is -2.18. The van der Waals surface area contributed by atoms with Gasteiger partial charge in [0.2, 0.25) is 0 Å². The van der Waals surface area contributed by atoms with E-state index in [9.17, 15) is 18.0 Å². The zero-order chi connectivity index (χ0) is 21.9. The Bertz CT molecular complexity index is 1100. The monoisotopic (exact) mass is 478 g/mol. The number of hydrogen-bond acceptors (Lipinski definition) is 4. The highest BCUT2D eigenvalue weighted by Crippen LogP contribution is 2.32. The summed E-state index contributed by atoms with van der Waals surface area (Å²) in [6.45, 7) is 0. The molecular formula is C21H14BrF3N2O3. The van der Waals surface area contributed by atoms with E-state index in [2.05, 4.69) is 21.1 Å². The van der Waals surface area contributed by atoms with Crippen LogP contribution in [-0.4, -0.2) is 16.8 Å². The van der Waals surface area contributed by atoms with Gasteiger partial charge in [-0.2, -0.15) is 13.2 Å². The van der Waals surface area contributed by atoms with Crippen LogP contribution in [0.4, 0.5) is 13.2 Å². The smallest absolute Gasteiger partial charge is 0.416 e. The number of nitrogens with two attached hydrogens (primary N) is 1. The first-order valence-corrected chi connectivity index (χ1v) is 9.25. The fraction of sp³-hybridized carbons (Fsp3) is 0.0476. The van der Waals surface area contributed by atoms with Gasteiger partial charge in [-0.05, 0) is 66.7 Å². The standard InChI is InChI=1S/C21H14BrF3N2O3/c22-14-5-1-12(2-6-14)19(28)18-11-16(9-10-17(18)20(26)27-29)30-15-7-3-13(4-8-15)21(23,24)25/h1-11,29H,(H2,26,27). The van der Waals surface area contributed by atoms with E-state index in [4.69, 9.17) is 15.7 Å². The number of benzene rings is 3. The summed E-state index contributed by atoms with van der Waals surface area (Å²) in [5.41, 5.74) is 5.54. The molecule has 30 heavy (non-hydrogen) atoms. The number of hydrogen-bond donors (Lipinski definition) is 2. The molecular weight excluding hydrogens is 465 g/mol. The molecule has 0 atom stereocenters. The van der Waals surface area contributed by atoms with Crippen molar-refractivity contribution in [3.8, 4) is 11.5 Å². The lowest BCUT2D eigenvalue weighted by Gasteiger charge is -2.12. The number of carbonyl (C=O) groups is 1. The predicted octanol–water partition coefficient (Wildman–Crippen LogP) is 5.59. The van der Waals surface area contributed by atoms with Gasteiger partial charge in [0.25, 0.3) is 0 Å². The van der Waals surface area contributed by atoms with E-state index in [1.54, 1.807) is 24.3 Å². The van der Waals surface area contributed by atoms with Crippen LogP contribution in [-0.2, 0) is 6.18 Å². The van der Waals surface area contributed by atoms with Crippen LogP contribution < -0.4 is 10.5 Å². The Morgan fingerprint density at radius 2 is 1.53 bits per heavy atom. The van der Waals surface area contributed by atoms with Crippen LogP contribution in [0.15, 0.2) is 76.4 Å². The minimum absolute atomic E-state index is 0.108. The van der Waals surface area contributed by atoms with E-state index in [0.717, 1.165) is 16.6 Å². The summed E-state index contributed by atoms with van der Waals surface area (Å²) >= 11 is 3.29. The van der Waals surface area contributed by atoms with Gasteiger partial charge in [-0.1, -0.05) is 21.1 Å². The third-order valence-corrected chi connectivity index (χ3v) is 4.67. The van der Waals surface area contributed by atoms with Crippen molar-refractivity contribution >= 4 is 27.5 Å². The normalized spacial score (nSPS) is 11.9. The highest BCUT2D eigenvalue weighted by molar-refractivity contribution is 9.10. The molecule has 0 radical (unpaired) electrons. The molecule has 3 aromatic rings. The molecule has 0 amide bonds. The topological polar surface area (TPSA) is 84.9 Å². The largest absolute Gasteiger partial charge is 0.457 e. The summed E-state index contributed by atoms with van der Waals surface area (Å²) < 4.78 is 44.5. The summed E-state index contributed by atoms with van der Waals surface area (Å²) in [5.74, 6) is -0.315. The molecule has 3 N–H and O–H groups in total. The molecule has 0 fully saturated rings. The molecule has 9 heteroatoms. The molecule has 0 bridgehead atoms. The van der Waals surface area contributed by atoms with Crippen molar-refractivity contribution in [1.29, 1.82) is 0 Å². The molecule has 5 nitrogen and oxygen atoms in total. The first kappa shape index (κ1) is 21.4. The van der Waals surface area contributed by atoms with Gasteiger partial charge in [-0.3, -0.25) is 4.79 Å². The zero-order valence-electron chi connectivity index (χ0n) is 15.2. The second kappa shape index (κ2) is 8.58. The number of nitrogens with zero attached hydrogens (tertiary/aromatic N) is 1. The third kappa shape index (κ3) is 4.80. The molecule has 0 unspecified atom stereocenters. The minimum Gasteiger partial charge on any atom is -0.457 e. The number of carbonyl (C=O) groups excluding carboxylic acids is 1. The van der Waals surface area contributed by atoms with Crippen LogP contribution in [0.5, 0.6) is 11.5 Å². The van der Waals surface area contributed by atoms with Crippen molar-refractivity contribution in [2.75, 3.05) is 0 Å². The molecule has 0 saturated carbocycles. The number of oxime groups is 1. The second-order valence-corrected chi connectivity index (χ2v) is 7.07. The number of ether oxygens (including phenoxy) is 1. The third-order valence-electron chi connectivity index (χ3n) is 4.14. The maximum atomic E-state index is 13.0. The molecule has 154 valence electrons. The number of rotatable bonds is 5. The van der Waals surface area contributed by atoms with E-state index in [1.807, 2.05) is 0 Å². The van der Waals surface area contributed by atoms with Gasteiger partial charge in [0, 0.05) is 21.2 Å². The van der Waals surface area contributed by atoms with Gasteiger partial charge >= 0.3 is 6.18 Å². The average Bonchev–Trinajstić information content (AvgIpc) is 2.73. The van der Waals surface area contributed by atoms with Gasteiger partial charge in [0.1, 0.15) is 11.5 Å². The van der Waals surface area contributed by atoms with Gasteiger partial charge < -0.3 is 15.7 Å². The van der Waals surface area contributed by atoms with Gasteiger partial charge in [0.05, 0.1) is 5.56 Å². The Hall–Kier alpha value is -3.33. The van der Waals surface area contributed by atoms with Gasteiger partial charge in [-0.15, -0.1) is 0 Å². The lowest BCUT2D eigenvalue weighted by atomic mass is 9.97. The summed E-state index contributed by atoms with van der Waals surface area (Å²) in [4.78, 5) is 13.0. The van der Waals surface area contributed by atoms with Gasteiger partial charge in [-0.25, -0.2) is 0 Å². The van der Waals surface area contributed by atoms with Crippen molar-refractivity contribution in [1.82, 2.24) is 0 Å². The second-order valence-electron chi connectivity index (χ2n) is 6.15. The van der Waals surface area contributed by atoms with Crippen LogP contribution in [0.1, 0.15) is 27.0 Å². The van der Waals surface area contributed by atoms with Gasteiger partial charge in [0.15, 0.2) is 11.6 Å². The maximum Gasteiger partial charge on any atom is 0.416 e. The molecule has 3 rings (SSSR count). The molecule has 3 aromatic carbocycles. The minimum atomic E-state index is -4.45. The van der Waals surface area contributed by atoms with E-state index >= 15 is 0 Å². The quantitative estimate of drug-likeness (QED) is 0.164. The lowest BCUT2D eigenvalue weighted by molar-refractivity contribution is -0.137. The molecule has 0 aliphatic heterocycles. The Labute approximate surface area is 177 Å². The van der Waals surface area contributed by atoms with Crippen molar-refractivity contribution in [2.24, 2.45) is 10.9 Å². The number of alkyl halides is 3. The molecule has 0 aromatic heterocycles. The Morgan fingerprint density at radius 3 is 2.10 bits per heavy atom. The van der Waals surface area contributed by atoms with E-state index in [-0.39, 0.29) is 28.5 Å². The molecule has 0 aliphatic rings. The Balaban J connectivity index is 1.96. The van der Waals surface area contributed by atoms with Crippen LogP contribution in [0, 0.1) is 0 Å². The van der Waals surface area contributed by atoms with E-state index < -0.39 is 17.5 Å². The highest BCUT2D eigenvalue weighted by atomic mass is 79.9. The van der Waals surface area contributed by atoms with Crippen LogP contribution in [0.2, 0.25) is 0 Å². The highest BCUT2D eigenvalue weighted by Gasteiger charge is 2.30. The van der Waals surface area contributed by atoms with Crippen molar-refractivity contribution in [2.45, 2.75) is 6.18 Å². The zero-order valence-corrected chi connectivity index (χ0v) is 16.7. The van der Waals surface area contributed by atoms with Crippen LogP contribution >= 0.6 is 15.9 Å². The summed E-state index contributed by atoms with van der Waals surface area (Å²) in [6.07, 6.45) is -4.45. The Kier molecular flexibility index (Phi) is 6.12. The fourth-order valence-corrected chi connectivity index (χ4v) is 2.92. The van der Waals surface area contributed by atoms with E-state index in [0.29, 0.717) is 5.56 Å². The molecule has 0 aliphatic carbocycles. The number of amidine groups is 1. The average molecular weight is 479 g/mol.